The van der Waals surface area contributed by atoms with Crippen molar-refractivity contribution in [2.24, 2.45) is 0 Å². The van der Waals surface area contributed by atoms with Gasteiger partial charge in [0.25, 0.3) is 5.91 Å². The number of carbonyl (C=O) groups excluding carboxylic acids is 1. The number of likely N-dealkylation sites (N-methyl/N-ethyl adjacent to an activating group) is 1. The van der Waals surface area contributed by atoms with E-state index in [0.29, 0.717) is 11.4 Å². The molecule has 2 unspecified atom stereocenters. The smallest absolute Gasteiger partial charge is 0.264 e. The number of carbonyl (C=O) groups is 1. The SMILES string of the molecule is CC(c1cc2ccccc2o1)N(C)C(=O)C1Cc2cc(Cl)ccc2O1. The second-order valence-electron chi connectivity index (χ2n) is 6.37. The Balaban J connectivity index is 1.52. The lowest BCUT2D eigenvalue weighted by molar-refractivity contribution is -0.138. The number of fused-ring (bicyclic) bond motifs is 2. The molecular weight excluding hydrogens is 338 g/mol. The second-order valence-corrected chi connectivity index (χ2v) is 6.81. The van der Waals surface area contributed by atoms with Crippen molar-refractivity contribution in [2.45, 2.75) is 25.5 Å². The number of amides is 1. The summed E-state index contributed by atoms with van der Waals surface area (Å²) in [5.41, 5.74) is 1.79. The zero-order valence-corrected chi connectivity index (χ0v) is 14.8. The molecule has 0 radical (unpaired) electrons. The molecule has 128 valence electrons. The fraction of sp³-hybridized carbons (Fsp3) is 0.250. The van der Waals surface area contributed by atoms with E-state index in [1.807, 2.05) is 49.4 Å². The molecular formula is C20H18ClNO3. The molecule has 0 fully saturated rings. The maximum Gasteiger partial charge on any atom is 0.264 e. The monoisotopic (exact) mass is 355 g/mol. The van der Waals surface area contributed by atoms with Crippen LogP contribution in [0.3, 0.4) is 0 Å². The molecule has 0 aliphatic carbocycles. The molecule has 1 aliphatic rings. The minimum absolute atomic E-state index is 0.0692. The molecule has 1 aromatic heterocycles. The van der Waals surface area contributed by atoms with Crippen molar-refractivity contribution < 1.29 is 13.9 Å². The van der Waals surface area contributed by atoms with E-state index in [9.17, 15) is 4.79 Å². The Morgan fingerprint density at radius 3 is 2.84 bits per heavy atom. The number of hydrogen-bond donors (Lipinski definition) is 0. The van der Waals surface area contributed by atoms with E-state index in [1.54, 1.807) is 18.0 Å². The number of furan rings is 1. The van der Waals surface area contributed by atoms with E-state index in [0.717, 1.165) is 28.0 Å². The van der Waals surface area contributed by atoms with Gasteiger partial charge in [-0.25, -0.2) is 0 Å². The van der Waals surface area contributed by atoms with Crippen molar-refractivity contribution in [3.05, 3.63) is 64.9 Å². The molecule has 2 aromatic carbocycles. The van der Waals surface area contributed by atoms with E-state index in [1.165, 1.54) is 0 Å². The maximum absolute atomic E-state index is 12.9. The van der Waals surface area contributed by atoms with Crippen LogP contribution in [-0.4, -0.2) is 24.0 Å². The lowest BCUT2D eigenvalue weighted by Crippen LogP contribution is -2.40. The summed E-state index contributed by atoms with van der Waals surface area (Å²) in [5, 5.41) is 1.68. The largest absolute Gasteiger partial charge is 0.480 e. The topological polar surface area (TPSA) is 42.7 Å². The van der Waals surface area contributed by atoms with Crippen LogP contribution in [0.5, 0.6) is 5.75 Å². The van der Waals surface area contributed by atoms with Crippen LogP contribution >= 0.6 is 11.6 Å². The van der Waals surface area contributed by atoms with Crippen molar-refractivity contribution >= 4 is 28.5 Å². The van der Waals surface area contributed by atoms with Gasteiger partial charge in [-0.05, 0) is 42.8 Å². The van der Waals surface area contributed by atoms with Gasteiger partial charge in [-0.1, -0.05) is 29.8 Å². The molecule has 3 aromatic rings. The minimum Gasteiger partial charge on any atom is -0.480 e. The first-order valence-electron chi connectivity index (χ1n) is 8.23. The molecule has 1 amide bonds. The zero-order chi connectivity index (χ0) is 17.6. The Bertz CT molecular complexity index is 916. The highest BCUT2D eigenvalue weighted by Crippen LogP contribution is 2.33. The maximum atomic E-state index is 12.9. The van der Waals surface area contributed by atoms with Gasteiger partial charge in [0.1, 0.15) is 17.1 Å². The van der Waals surface area contributed by atoms with Crippen LogP contribution < -0.4 is 4.74 Å². The van der Waals surface area contributed by atoms with Crippen LogP contribution in [0, 0.1) is 0 Å². The Morgan fingerprint density at radius 2 is 2.04 bits per heavy atom. The summed E-state index contributed by atoms with van der Waals surface area (Å²) in [4.78, 5) is 14.5. The highest BCUT2D eigenvalue weighted by molar-refractivity contribution is 6.30. The predicted octanol–water partition coefficient (Wildman–Crippen LogP) is 4.61. The number of para-hydroxylation sites is 1. The van der Waals surface area contributed by atoms with Crippen LogP contribution in [0.15, 0.2) is 52.9 Å². The van der Waals surface area contributed by atoms with Gasteiger partial charge in [0.2, 0.25) is 0 Å². The molecule has 4 rings (SSSR count). The third kappa shape index (κ3) is 2.87. The summed E-state index contributed by atoms with van der Waals surface area (Å²) >= 11 is 6.02. The molecule has 0 saturated heterocycles. The van der Waals surface area contributed by atoms with Crippen molar-refractivity contribution in [3.8, 4) is 5.75 Å². The number of hydrogen-bond acceptors (Lipinski definition) is 3. The number of rotatable bonds is 3. The number of benzene rings is 2. The van der Waals surface area contributed by atoms with Gasteiger partial charge in [0, 0.05) is 23.9 Å². The average molecular weight is 356 g/mol. The van der Waals surface area contributed by atoms with E-state index >= 15 is 0 Å². The standard InChI is InChI=1S/C20H18ClNO3/c1-12(18-10-13-5-3-4-6-16(13)24-18)22(2)20(23)19-11-14-9-15(21)7-8-17(14)25-19/h3-10,12,19H,11H2,1-2H3. The molecule has 0 bridgehead atoms. The second kappa shape index (κ2) is 6.12. The summed E-state index contributed by atoms with van der Waals surface area (Å²) in [6.45, 7) is 1.95. The predicted molar refractivity (Wildman–Crippen MR) is 97.0 cm³/mol. The van der Waals surface area contributed by atoms with Gasteiger partial charge in [0.15, 0.2) is 6.10 Å². The van der Waals surface area contributed by atoms with E-state index in [2.05, 4.69) is 0 Å². The molecule has 2 atom stereocenters. The normalized spacial score (nSPS) is 17.2. The first-order valence-corrected chi connectivity index (χ1v) is 8.61. The van der Waals surface area contributed by atoms with E-state index < -0.39 is 6.10 Å². The third-order valence-electron chi connectivity index (χ3n) is 4.76. The Kier molecular flexibility index (Phi) is 3.92. The van der Waals surface area contributed by atoms with Crippen LogP contribution in [0.4, 0.5) is 0 Å². The highest BCUT2D eigenvalue weighted by atomic mass is 35.5. The van der Waals surface area contributed by atoms with Crippen molar-refractivity contribution in [1.29, 1.82) is 0 Å². The molecule has 5 heteroatoms. The highest BCUT2D eigenvalue weighted by Gasteiger charge is 2.33. The first kappa shape index (κ1) is 16.0. The zero-order valence-electron chi connectivity index (χ0n) is 14.0. The summed E-state index contributed by atoms with van der Waals surface area (Å²) < 4.78 is 11.7. The molecule has 2 heterocycles. The molecule has 1 aliphatic heterocycles. The van der Waals surface area contributed by atoms with E-state index in [4.69, 9.17) is 20.8 Å². The van der Waals surface area contributed by atoms with Gasteiger partial charge >= 0.3 is 0 Å². The fourth-order valence-corrected chi connectivity index (χ4v) is 3.37. The van der Waals surface area contributed by atoms with Gasteiger partial charge in [-0.3, -0.25) is 4.79 Å². The molecule has 4 nitrogen and oxygen atoms in total. The summed E-state index contributed by atoms with van der Waals surface area (Å²) in [7, 11) is 1.78. The molecule has 0 saturated carbocycles. The lowest BCUT2D eigenvalue weighted by atomic mass is 10.1. The van der Waals surface area contributed by atoms with Crippen molar-refractivity contribution in [2.75, 3.05) is 7.05 Å². The third-order valence-corrected chi connectivity index (χ3v) is 4.99. The first-order chi connectivity index (χ1) is 12.0. The van der Waals surface area contributed by atoms with Gasteiger partial charge in [-0.15, -0.1) is 0 Å². The van der Waals surface area contributed by atoms with Crippen molar-refractivity contribution in [3.63, 3.8) is 0 Å². The molecule has 0 N–H and O–H groups in total. The van der Waals surface area contributed by atoms with Gasteiger partial charge < -0.3 is 14.1 Å². The van der Waals surface area contributed by atoms with Crippen molar-refractivity contribution in [1.82, 2.24) is 4.90 Å². The van der Waals surface area contributed by atoms with Crippen LogP contribution in [0.2, 0.25) is 5.02 Å². The van der Waals surface area contributed by atoms with Gasteiger partial charge in [0.05, 0.1) is 6.04 Å². The Labute approximate surface area is 150 Å². The van der Waals surface area contributed by atoms with Crippen LogP contribution in [0.25, 0.3) is 11.0 Å². The van der Waals surface area contributed by atoms with E-state index in [-0.39, 0.29) is 11.9 Å². The van der Waals surface area contributed by atoms with Crippen LogP contribution in [-0.2, 0) is 11.2 Å². The Hall–Kier alpha value is -2.46. The summed E-state index contributed by atoms with van der Waals surface area (Å²) in [6.07, 6.45) is 0.0108. The minimum atomic E-state index is -0.523. The lowest BCUT2D eigenvalue weighted by Gasteiger charge is -2.25. The van der Waals surface area contributed by atoms with Gasteiger partial charge in [-0.2, -0.15) is 0 Å². The fourth-order valence-electron chi connectivity index (χ4n) is 3.17. The average Bonchev–Trinajstić information content (AvgIpc) is 3.23. The molecule has 0 spiro atoms. The quantitative estimate of drug-likeness (QED) is 0.689. The number of ether oxygens (including phenoxy) is 1. The van der Waals surface area contributed by atoms with Crippen LogP contribution in [0.1, 0.15) is 24.3 Å². The summed E-state index contributed by atoms with van der Waals surface area (Å²) in [5.74, 6) is 1.42. The summed E-state index contributed by atoms with van der Waals surface area (Å²) in [6, 6.07) is 15.1. The number of halogens is 1. The Morgan fingerprint density at radius 1 is 1.24 bits per heavy atom. The molecule has 25 heavy (non-hydrogen) atoms. The number of nitrogens with zero attached hydrogens (tertiary/aromatic N) is 1.